The molecule has 1 saturated carbocycles. The quantitative estimate of drug-likeness (QED) is 0.773. The molecule has 0 bridgehead atoms. The number of nitrogens with one attached hydrogen (secondary N) is 1. The molecule has 0 spiro atoms. The van der Waals surface area contributed by atoms with Crippen LogP contribution in [0.2, 0.25) is 0 Å². The van der Waals surface area contributed by atoms with E-state index in [1.165, 1.54) is 0 Å². The Morgan fingerprint density at radius 2 is 2.07 bits per heavy atom. The number of amides is 1. The Kier molecular flexibility index (Phi) is 2.53. The average Bonchev–Trinajstić information content (AvgIpc) is 2.94. The summed E-state index contributed by atoms with van der Waals surface area (Å²) >= 11 is 0. The molecule has 0 radical (unpaired) electrons. The highest BCUT2D eigenvalue weighted by Crippen LogP contribution is 2.37. The highest BCUT2D eigenvalue weighted by molar-refractivity contribution is 5.81. The van der Waals surface area contributed by atoms with Gasteiger partial charge >= 0.3 is 0 Å². The SMILES string of the molecule is C[C@@H]1CC1C(=O)NCc1ccccc1. The fourth-order valence-corrected chi connectivity index (χ4v) is 1.60. The molecule has 2 nitrogen and oxygen atoms in total. The lowest BCUT2D eigenvalue weighted by Gasteiger charge is -2.03. The van der Waals surface area contributed by atoms with Crippen LogP contribution in [0, 0.1) is 11.8 Å². The van der Waals surface area contributed by atoms with E-state index in [2.05, 4.69) is 12.2 Å². The minimum Gasteiger partial charge on any atom is -0.352 e. The van der Waals surface area contributed by atoms with Crippen LogP contribution >= 0.6 is 0 Å². The van der Waals surface area contributed by atoms with E-state index in [9.17, 15) is 4.79 Å². The molecule has 1 aliphatic carbocycles. The molecule has 0 aliphatic heterocycles. The number of hydrogen-bond acceptors (Lipinski definition) is 1. The summed E-state index contributed by atoms with van der Waals surface area (Å²) in [6.07, 6.45) is 1.06. The first-order chi connectivity index (χ1) is 6.77. The third-order valence-corrected chi connectivity index (χ3v) is 2.76. The van der Waals surface area contributed by atoms with E-state index >= 15 is 0 Å². The van der Waals surface area contributed by atoms with Gasteiger partial charge in [-0.2, -0.15) is 0 Å². The summed E-state index contributed by atoms with van der Waals surface area (Å²) in [4.78, 5) is 11.5. The van der Waals surface area contributed by atoms with Gasteiger partial charge in [0.1, 0.15) is 0 Å². The van der Waals surface area contributed by atoms with Crippen molar-refractivity contribution < 1.29 is 4.79 Å². The highest BCUT2D eigenvalue weighted by Gasteiger charge is 2.38. The average molecular weight is 189 g/mol. The molecule has 1 aromatic rings. The summed E-state index contributed by atoms with van der Waals surface area (Å²) in [5.41, 5.74) is 1.16. The first-order valence-corrected chi connectivity index (χ1v) is 5.09. The van der Waals surface area contributed by atoms with Gasteiger partial charge in [-0.1, -0.05) is 37.3 Å². The van der Waals surface area contributed by atoms with Gasteiger partial charge in [-0.3, -0.25) is 4.79 Å². The van der Waals surface area contributed by atoms with Crippen molar-refractivity contribution in [1.82, 2.24) is 5.32 Å². The predicted molar refractivity (Wildman–Crippen MR) is 55.6 cm³/mol. The van der Waals surface area contributed by atoms with Gasteiger partial charge in [-0.25, -0.2) is 0 Å². The summed E-state index contributed by atoms with van der Waals surface area (Å²) in [5.74, 6) is 1.07. The van der Waals surface area contributed by atoms with Gasteiger partial charge in [0.2, 0.25) is 5.91 Å². The topological polar surface area (TPSA) is 29.1 Å². The van der Waals surface area contributed by atoms with E-state index in [0.29, 0.717) is 12.5 Å². The van der Waals surface area contributed by atoms with Crippen LogP contribution in [-0.4, -0.2) is 5.91 Å². The number of hydrogen-bond donors (Lipinski definition) is 1. The van der Waals surface area contributed by atoms with Crippen LogP contribution in [-0.2, 0) is 11.3 Å². The summed E-state index contributed by atoms with van der Waals surface area (Å²) in [6, 6.07) is 10.0. The maximum Gasteiger partial charge on any atom is 0.223 e. The number of carbonyl (C=O) groups excluding carboxylic acids is 1. The molecule has 1 unspecified atom stereocenters. The molecule has 1 N–H and O–H groups in total. The van der Waals surface area contributed by atoms with Crippen molar-refractivity contribution in [3.8, 4) is 0 Å². The smallest absolute Gasteiger partial charge is 0.223 e. The molecule has 1 aliphatic rings. The Morgan fingerprint density at radius 3 is 2.64 bits per heavy atom. The molecule has 14 heavy (non-hydrogen) atoms. The molecule has 2 heteroatoms. The largest absolute Gasteiger partial charge is 0.352 e. The number of rotatable bonds is 3. The van der Waals surface area contributed by atoms with E-state index in [1.807, 2.05) is 30.3 Å². The van der Waals surface area contributed by atoms with Gasteiger partial charge in [-0.05, 0) is 17.9 Å². The van der Waals surface area contributed by atoms with Gasteiger partial charge in [0, 0.05) is 12.5 Å². The van der Waals surface area contributed by atoms with Crippen LogP contribution in [0.15, 0.2) is 30.3 Å². The summed E-state index contributed by atoms with van der Waals surface area (Å²) in [5, 5.41) is 2.95. The summed E-state index contributed by atoms with van der Waals surface area (Å²) < 4.78 is 0. The summed E-state index contributed by atoms with van der Waals surface area (Å²) in [6.45, 7) is 2.77. The lowest BCUT2D eigenvalue weighted by atomic mass is 10.2. The predicted octanol–water partition coefficient (Wildman–Crippen LogP) is 1.96. The molecule has 1 amide bonds. The van der Waals surface area contributed by atoms with E-state index in [1.54, 1.807) is 0 Å². The minimum atomic E-state index is 0.210. The van der Waals surface area contributed by atoms with Crippen LogP contribution in [0.3, 0.4) is 0 Å². The van der Waals surface area contributed by atoms with Gasteiger partial charge < -0.3 is 5.32 Å². The van der Waals surface area contributed by atoms with Gasteiger partial charge in [0.05, 0.1) is 0 Å². The molecular formula is C12H15NO. The van der Waals surface area contributed by atoms with Crippen LogP contribution in [0.1, 0.15) is 18.9 Å². The van der Waals surface area contributed by atoms with Gasteiger partial charge in [0.15, 0.2) is 0 Å². The first kappa shape index (κ1) is 9.25. The molecular weight excluding hydrogens is 174 g/mol. The molecule has 1 fully saturated rings. The van der Waals surface area contributed by atoms with E-state index in [0.717, 1.165) is 12.0 Å². The van der Waals surface area contributed by atoms with Crippen LogP contribution < -0.4 is 5.32 Å². The van der Waals surface area contributed by atoms with Gasteiger partial charge in [0.25, 0.3) is 0 Å². The molecule has 0 aromatic heterocycles. The zero-order valence-electron chi connectivity index (χ0n) is 8.36. The Balaban J connectivity index is 1.80. The molecule has 74 valence electrons. The highest BCUT2D eigenvalue weighted by atomic mass is 16.2. The number of benzene rings is 1. The third kappa shape index (κ3) is 2.13. The first-order valence-electron chi connectivity index (χ1n) is 5.09. The zero-order valence-corrected chi connectivity index (χ0v) is 8.36. The fraction of sp³-hybridized carbons (Fsp3) is 0.417. The molecule has 1 aromatic carbocycles. The van der Waals surface area contributed by atoms with Crippen molar-refractivity contribution in [2.24, 2.45) is 11.8 Å². The Labute approximate surface area is 84.3 Å². The molecule has 2 atom stereocenters. The van der Waals surface area contributed by atoms with Crippen LogP contribution in [0.5, 0.6) is 0 Å². The Hall–Kier alpha value is -1.31. The van der Waals surface area contributed by atoms with Crippen molar-refractivity contribution in [2.75, 3.05) is 0 Å². The Bertz CT molecular complexity index is 320. The maximum absolute atomic E-state index is 11.5. The minimum absolute atomic E-state index is 0.210. The van der Waals surface area contributed by atoms with Crippen molar-refractivity contribution in [2.45, 2.75) is 19.9 Å². The zero-order chi connectivity index (χ0) is 9.97. The monoisotopic (exact) mass is 189 g/mol. The van der Waals surface area contributed by atoms with Crippen molar-refractivity contribution in [3.63, 3.8) is 0 Å². The fourth-order valence-electron chi connectivity index (χ4n) is 1.60. The van der Waals surface area contributed by atoms with Crippen molar-refractivity contribution >= 4 is 5.91 Å². The van der Waals surface area contributed by atoms with Crippen LogP contribution in [0.4, 0.5) is 0 Å². The van der Waals surface area contributed by atoms with E-state index in [4.69, 9.17) is 0 Å². The lowest BCUT2D eigenvalue weighted by molar-refractivity contribution is -0.122. The van der Waals surface area contributed by atoms with E-state index in [-0.39, 0.29) is 11.8 Å². The standard InChI is InChI=1S/C12H15NO/c1-9-7-11(9)12(14)13-8-10-5-3-2-4-6-10/h2-6,9,11H,7-8H2,1H3,(H,13,14)/t9-,11?/m1/s1. The van der Waals surface area contributed by atoms with Crippen molar-refractivity contribution in [3.05, 3.63) is 35.9 Å². The van der Waals surface area contributed by atoms with Gasteiger partial charge in [-0.15, -0.1) is 0 Å². The maximum atomic E-state index is 11.5. The van der Waals surface area contributed by atoms with Crippen LogP contribution in [0.25, 0.3) is 0 Å². The Morgan fingerprint density at radius 1 is 1.43 bits per heavy atom. The van der Waals surface area contributed by atoms with E-state index < -0.39 is 0 Å². The molecule has 0 heterocycles. The second kappa shape index (κ2) is 3.82. The third-order valence-electron chi connectivity index (χ3n) is 2.76. The second-order valence-electron chi connectivity index (χ2n) is 4.02. The van der Waals surface area contributed by atoms with Crippen molar-refractivity contribution in [1.29, 1.82) is 0 Å². The second-order valence-corrected chi connectivity index (χ2v) is 4.02. The lowest BCUT2D eigenvalue weighted by Crippen LogP contribution is -2.24. The summed E-state index contributed by atoms with van der Waals surface area (Å²) in [7, 11) is 0. The number of carbonyl (C=O) groups is 1. The molecule has 0 saturated heterocycles. The normalized spacial score (nSPS) is 24.4. The molecule has 2 rings (SSSR count).